The molecule has 0 bridgehead atoms. The van der Waals surface area contributed by atoms with Crippen LogP contribution in [0.3, 0.4) is 0 Å². The molecule has 2 rings (SSSR count). The van der Waals surface area contributed by atoms with E-state index in [0.29, 0.717) is 19.6 Å². The summed E-state index contributed by atoms with van der Waals surface area (Å²) in [5.41, 5.74) is 5.70. The molecule has 0 unspecified atom stereocenters. The van der Waals surface area contributed by atoms with Gasteiger partial charge in [-0.05, 0) is 93.5 Å². The highest BCUT2D eigenvalue weighted by molar-refractivity contribution is 7.90. The maximum Gasteiger partial charge on any atom is 0.147 e. The molecule has 0 aliphatic heterocycles. The lowest BCUT2D eigenvalue weighted by Gasteiger charge is -2.20. The lowest BCUT2D eigenvalue weighted by Crippen LogP contribution is -2.18. The zero-order chi connectivity index (χ0) is 21.7. The number of sulfone groups is 1. The van der Waals surface area contributed by atoms with Crippen molar-refractivity contribution in [2.75, 3.05) is 18.6 Å². The highest BCUT2D eigenvalue weighted by atomic mass is 32.2. The number of benzene rings is 2. The lowest BCUT2D eigenvalue weighted by molar-refractivity contribution is -0.0149. The average molecular weight is 419 g/mol. The van der Waals surface area contributed by atoms with E-state index in [1.54, 1.807) is 0 Å². The number of unbranched alkanes of at least 4 members (excludes halogenated alkanes) is 1. The van der Waals surface area contributed by atoms with Gasteiger partial charge in [0.05, 0.1) is 24.6 Å². The van der Waals surface area contributed by atoms with Crippen LogP contribution in [-0.2, 0) is 21.2 Å². The van der Waals surface area contributed by atoms with Crippen molar-refractivity contribution in [2.45, 2.75) is 59.7 Å². The molecule has 0 atom stereocenters. The number of rotatable bonds is 9. The summed E-state index contributed by atoms with van der Waals surface area (Å²) in [6.45, 7) is 11.5. The van der Waals surface area contributed by atoms with Crippen molar-refractivity contribution in [1.29, 1.82) is 0 Å². The van der Waals surface area contributed by atoms with E-state index in [0.717, 1.165) is 28.9 Å². The van der Waals surface area contributed by atoms with Gasteiger partial charge in [-0.1, -0.05) is 18.2 Å². The third-order valence-corrected chi connectivity index (χ3v) is 5.60. The Morgan fingerprint density at radius 2 is 1.62 bits per heavy atom. The fourth-order valence-corrected chi connectivity index (χ4v) is 3.96. The molecule has 2 aromatic carbocycles. The van der Waals surface area contributed by atoms with Crippen molar-refractivity contribution < 1.29 is 17.9 Å². The topological polar surface area (TPSA) is 52.6 Å². The van der Waals surface area contributed by atoms with Crippen LogP contribution in [-0.4, -0.2) is 32.6 Å². The maximum atomic E-state index is 11.2. The Labute approximate surface area is 176 Å². The average Bonchev–Trinajstić information content (AvgIpc) is 2.58. The first kappa shape index (κ1) is 23.4. The van der Waals surface area contributed by atoms with Gasteiger partial charge < -0.3 is 9.47 Å². The first-order chi connectivity index (χ1) is 13.4. The summed E-state index contributed by atoms with van der Waals surface area (Å²) in [5.74, 6) is 1.04. The first-order valence-corrected chi connectivity index (χ1v) is 12.2. The predicted octanol–water partition coefficient (Wildman–Crippen LogP) is 5.49. The molecule has 0 radical (unpaired) electrons. The van der Waals surface area contributed by atoms with Crippen LogP contribution in [0.5, 0.6) is 5.75 Å². The SMILES string of the molecule is Cc1cc(OCCCCS(C)(=O)=O)cc(C)c1-c1cccc(COC(C)(C)C)c1. The van der Waals surface area contributed by atoms with Crippen LogP contribution in [0.2, 0.25) is 0 Å². The Morgan fingerprint density at radius 3 is 2.21 bits per heavy atom. The summed E-state index contributed by atoms with van der Waals surface area (Å²) >= 11 is 0. The molecule has 0 amide bonds. The monoisotopic (exact) mass is 418 g/mol. The Balaban J connectivity index is 2.07. The second-order valence-corrected chi connectivity index (χ2v) is 11.0. The van der Waals surface area contributed by atoms with Gasteiger partial charge in [-0.3, -0.25) is 0 Å². The smallest absolute Gasteiger partial charge is 0.147 e. The van der Waals surface area contributed by atoms with E-state index in [1.165, 1.54) is 17.4 Å². The highest BCUT2D eigenvalue weighted by Gasteiger charge is 2.12. The van der Waals surface area contributed by atoms with Crippen molar-refractivity contribution in [3.8, 4) is 16.9 Å². The highest BCUT2D eigenvalue weighted by Crippen LogP contribution is 2.32. The van der Waals surface area contributed by atoms with E-state index in [4.69, 9.17) is 9.47 Å². The molecule has 0 saturated heterocycles. The third-order valence-electron chi connectivity index (χ3n) is 4.57. The molecule has 29 heavy (non-hydrogen) atoms. The van der Waals surface area contributed by atoms with E-state index >= 15 is 0 Å². The van der Waals surface area contributed by atoms with Gasteiger partial charge >= 0.3 is 0 Å². The van der Waals surface area contributed by atoms with Gasteiger partial charge in [0.2, 0.25) is 0 Å². The summed E-state index contributed by atoms with van der Waals surface area (Å²) < 4.78 is 34.2. The largest absolute Gasteiger partial charge is 0.494 e. The summed E-state index contributed by atoms with van der Waals surface area (Å²) in [5, 5.41) is 0. The number of ether oxygens (including phenoxy) is 2. The van der Waals surface area contributed by atoms with Gasteiger partial charge in [0.25, 0.3) is 0 Å². The van der Waals surface area contributed by atoms with Gasteiger partial charge in [-0.15, -0.1) is 0 Å². The molecule has 0 spiro atoms. The van der Waals surface area contributed by atoms with Crippen LogP contribution in [0, 0.1) is 13.8 Å². The molecule has 0 aliphatic rings. The fraction of sp³-hybridized carbons (Fsp3) is 0.500. The summed E-state index contributed by atoms with van der Waals surface area (Å²) in [4.78, 5) is 0. The summed E-state index contributed by atoms with van der Waals surface area (Å²) in [7, 11) is -2.90. The Morgan fingerprint density at radius 1 is 0.966 bits per heavy atom. The fourth-order valence-electron chi connectivity index (χ4n) is 3.24. The van der Waals surface area contributed by atoms with E-state index in [-0.39, 0.29) is 11.4 Å². The van der Waals surface area contributed by atoms with Gasteiger partial charge in [0, 0.05) is 6.26 Å². The second-order valence-electron chi connectivity index (χ2n) is 8.72. The van der Waals surface area contributed by atoms with Crippen molar-refractivity contribution >= 4 is 9.84 Å². The minimum absolute atomic E-state index is 0.165. The molecule has 0 aliphatic carbocycles. The lowest BCUT2D eigenvalue weighted by atomic mass is 9.94. The van der Waals surface area contributed by atoms with Crippen LogP contribution >= 0.6 is 0 Å². The van der Waals surface area contributed by atoms with Crippen LogP contribution in [0.4, 0.5) is 0 Å². The van der Waals surface area contributed by atoms with Gasteiger partial charge in [0.1, 0.15) is 15.6 Å². The number of aryl methyl sites for hydroxylation is 2. The van der Waals surface area contributed by atoms with Crippen LogP contribution < -0.4 is 4.74 Å². The quantitative estimate of drug-likeness (QED) is 0.505. The Kier molecular flexibility index (Phi) is 7.89. The second kappa shape index (κ2) is 9.77. The summed E-state index contributed by atoms with van der Waals surface area (Å²) in [6.07, 6.45) is 2.62. The van der Waals surface area contributed by atoms with Crippen molar-refractivity contribution in [3.05, 3.63) is 53.1 Å². The molecular weight excluding hydrogens is 384 g/mol. The van der Waals surface area contributed by atoms with E-state index < -0.39 is 9.84 Å². The van der Waals surface area contributed by atoms with Gasteiger partial charge in [-0.25, -0.2) is 8.42 Å². The Hall–Kier alpha value is -1.85. The van der Waals surface area contributed by atoms with Gasteiger partial charge in [-0.2, -0.15) is 0 Å². The maximum absolute atomic E-state index is 11.2. The van der Waals surface area contributed by atoms with E-state index in [2.05, 4.69) is 71.0 Å². The Bertz CT molecular complexity index is 901. The van der Waals surface area contributed by atoms with Crippen molar-refractivity contribution in [1.82, 2.24) is 0 Å². The van der Waals surface area contributed by atoms with Crippen molar-refractivity contribution in [3.63, 3.8) is 0 Å². The summed E-state index contributed by atoms with van der Waals surface area (Å²) in [6, 6.07) is 12.6. The van der Waals surface area contributed by atoms with E-state index in [1.807, 2.05) is 0 Å². The van der Waals surface area contributed by atoms with Crippen molar-refractivity contribution in [2.24, 2.45) is 0 Å². The predicted molar refractivity (Wildman–Crippen MR) is 120 cm³/mol. The molecule has 0 fully saturated rings. The molecule has 4 nitrogen and oxygen atoms in total. The minimum atomic E-state index is -2.90. The molecule has 2 aromatic rings. The normalized spacial score (nSPS) is 12.2. The zero-order valence-corrected chi connectivity index (χ0v) is 19.4. The molecule has 0 saturated carbocycles. The molecule has 0 N–H and O–H groups in total. The molecule has 160 valence electrons. The standard InChI is InChI=1S/C24H34O4S/c1-18-14-22(27-12-7-8-13-29(6,25)26)15-19(2)23(18)21-11-9-10-20(16-21)17-28-24(3,4)5/h9-11,14-16H,7-8,12-13,17H2,1-6H3. The third kappa shape index (κ3) is 8.19. The molecule has 5 heteroatoms. The number of hydrogen-bond acceptors (Lipinski definition) is 4. The zero-order valence-electron chi connectivity index (χ0n) is 18.5. The van der Waals surface area contributed by atoms with Crippen LogP contribution in [0.25, 0.3) is 11.1 Å². The van der Waals surface area contributed by atoms with Gasteiger partial charge in [0.15, 0.2) is 0 Å². The molecule has 0 aromatic heterocycles. The molecule has 0 heterocycles. The van der Waals surface area contributed by atoms with Crippen LogP contribution in [0.1, 0.15) is 50.3 Å². The minimum Gasteiger partial charge on any atom is -0.494 e. The number of hydrogen-bond donors (Lipinski definition) is 0. The first-order valence-electron chi connectivity index (χ1n) is 10.1. The molecular formula is C24H34O4S. The van der Waals surface area contributed by atoms with E-state index in [9.17, 15) is 8.42 Å². The van der Waals surface area contributed by atoms with Crippen LogP contribution in [0.15, 0.2) is 36.4 Å².